The van der Waals surface area contributed by atoms with Crippen LogP contribution in [0.15, 0.2) is 42.5 Å². The van der Waals surface area contributed by atoms with E-state index in [1.165, 1.54) is 17.7 Å². The number of rotatable bonds is 3. The molecule has 24 heavy (non-hydrogen) atoms. The lowest BCUT2D eigenvalue weighted by molar-refractivity contribution is -0.131. The molecule has 1 aromatic carbocycles. The first-order valence-electron chi connectivity index (χ1n) is 8.60. The first-order valence-corrected chi connectivity index (χ1v) is 8.60. The molecular formula is C20H20N2O2. The Morgan fingerprint density at radius 3 is 2.71 bits per heavy atom. The van der Waals surface area contributed by atoms with E-state index >= 15 is 0 Å². The lowest BCUT2D eigenvalue weighted by Crippen LogP contribution is -2.33. The largest absolute Gasteiger partial charge is 0.298 e. The van der Waals surface area contributed by atoms with E-state index < -0.39 is 5.92 Å². The fourth-order valence-corrected chi connectivity index (χ4v) is 3.81. The topological polar surface area (TPSA) is 62.8 Å². The molecule has 0 spiro atoms. The highest BCUT2D eigenvalue weighted by Crippen LogP contribution is 2.30. The van der Waals surface area contributed by atoms with Crippen LogP contribution in [-0.2, 0) is 28.9 Å². The first kappa shape index (κ1) is 15.1. The SMILES string of the molecule is O=C1C=CC(c2ccccc2)C(=O)C1Cc1n[nH]c2c1CCCC2. The molecule has 2 aliphatic carbocycles. The average molecular weight is 320 g/mol. The number of H-pyrrole nitrogens is 1. The molecule has 0 saturated carbocycles. The van der Waals surface area contributed by atoms with Crippen LogP contribution in [0.25, 0.3) is 0 Å². The molecule has 0 fully saturated rings. The first-order chi connectivity index (χ1) is 11.7. The van der Waals surface area contributed by atoms with Crippen molar-refractivity contribution >= 4 is 11.6 Å². The predicted octanol–water partition coefficient (Wildman–Crippen LogP) is 2.94. The van der Waals surface area contributed by atoms with Gasteiger partial charge in [-0.15, -0.1) is 0 Å². The summed E-state index contributed by atoms with van der Waals surface area (Å²) in [6.07, 6.45) is 8.06. The van der Waals surface area contributed by atoms with Crippen molar-refractivity contribution in [2.24, 2.45) is 5.92 Å². The Bertz CT molecular complexity index is 804. The maximum absolute atomic E-state index is 12.9. The van der Waals surface area contributed by atoms with E-state index in [4.69, 9.17) is 0 Å². The molecular weight excluding hydrogens is 300 g/mol. The van der Waals surface area contributed by atoms with Crippen molar-refractivity contribution in [1.29, 1.82) is 0 Å². The molecule has 2 aliphatic rings. The van der Waals surface area contributed by atoms with Gasteiger partial charge >= 0.3 is 0 Å². The van der Waals surface area contributed by atoms with Gasteiger partial charge in [-0.2, -0.15) is 5.10 Å². The number of ketones is 2. The van der Waals surface area contributed by atoms with Gasteiger partial charge in [0, 0.05) is 12.1 Å². The van der Waals surface area contributed by atoms with Gasteiger partial charge < -0.3 is 0 Å². The molecule has 2 unspecified atom stereocenters. The van der Waals surface area contributed by atoms with Gasteiger partial charge in [0.25, 0.3) is 0 Å². The quantitative estimate of drug-likeness (QED) is 0.885. The number of hydrogen-bond donors (Lipinski definition) is 1. The van der Waals surface area contributed by atoms with Gasteiger partial charge in [-0.05, 0) is 42.9 Å². The minimum atomic E-state index is -0.616. The summed E-state index contributed by atoms with van der Waals surface area (Å²) in [5.41, 5.74) is 4.26. The Kier molecular flexibility index (Phi) is 3.89. The Hall–Kier alpha value is -2.49. The van der Waals surface area contributed by atoms with Crippen molar-refractivity contribution in [3.05, 3.63) is 65.0 Å². The zero-order chi connectivity index (χ0) is 16.5. The highest BCUT2D eigenvalue weighted by atomic mass is 16.2. The lowest BCUT2D eigenvalue weighted by atomic mass is 9.78. The summed E-state index contributed by atoms with van der Waals surface area (Å²) < 4.78 is 0. The van der Waals surface area contributed by atoms with Gasteiger partial charge in [0.05, 0.1) is 17.5 Å². The third-order valence-corrected chi connectivity index (χ3v) is 5.14. The molecule has 1 N–H and O–H groups in total. The maximum atomic E-state index is 12.9. The Morgan fingerprint density at radius 2 is 1.88 bits per heavy atom. The van der Waals surface area contributed by atoms with Crippen LogP contribution in [0.3, 0.4) is 0 Å². The number of aryl methyl sites for hydroxylation is 1. The van der Waals surface area contributed by atoms with Crippen molar-refractivity contribution in [2.75, 3.05) is 0 Å². The van der Waals surface area contributed by atoms with Gasteiger partial charge in [-0.1, -0.05) is 36.4 Å². The molecule has 4 rings (SSSR count). The molecule has 0 radical (unpaired) electrons. The minimum absolute atomic E-state index is 0.0127. The number of fused-ring (bicyclic) bond motifs is 1. The Morgan fingerprint density at radius 1 is 1.08 bits per heavy atom. The molecule has 4 heteroatoms. The Labute approximate surface area is 141 Å². The van der Waals surface area contributed by atoms with Crippen LogP contribution in [0, 0.1) is 5.92 Å². The zero-order valence-corrected chi connectivity index (χ0v) is 13.5. The fourth-order valence-electron chi connectivity index (χ4n) is 3.81. The van der Waals surface area contributed by atoms with Crippen LogP contribution in [0.4, 0.5) is 0 Å². The van der Waals surface area contributed by atoms with Gasteiger partial charge in [0.2, 0.25) is 0 Å². The fraction of sp³-hybridized carbons (Fsp3) is 0.350. The summed E-state index contributed by atoms with van der Waals surface area (Å²) in [7, 11) is 0. The van der Waals surface area contributed by atoms with Crippen molar-refractivity contribution in [1.82, 2.24) is 10.2 Å². The van der Waals surface area contributed by atoms with Crippen molar-refractivity contribution in [2.45, 2.75) is 38.0 Å². The maximum Gasteiger partial charge on any atom is 0.166 e. The van der Waals surface area contributed by atoms with Gasteiger partial charge in [0.15, 0.2) is 11.6 Å². The number of nitrogens with one attached hydrogen (secondary N) is 1. The number of carbonyl (C=O) groups is 2. The van der Waals surface area contributed by atoms with Crippen LogP contribution in [0.2, 0.25) is 0 Å². The van der Waals surface area contributed by atoms with E-state index in [2.05, 4.69) is 10.2 Å². The standard InChI is InChI=1S/C20H20N2O2/c23-19-11-10-14(13-6-2-1-3-7-13)20(24)16(19)12-18-15-8-4-5-9-17(15)21-22-18/h1-3,6-7,10-11,14,16H,4-5,8-9,12H2,(H,21,22). The van der Waals surface area contributed by atoms with Crippen LogP contribution < -0.4 is 0 Å². The number of allylic oxidation sites excluding steroid dienone is 2. The van der Waals surface area contributed by atoms with E-state index in [1.807, 2.05) is 30.3 Å². The molecule has 0 saturated heterocycles. The smallest absolute Gasteiger partial charge is 0.166 e. The number of aromatic amines is 1. The second-order valence-electron chi connectivity index (χ2n) is 6.64. The summed E-state index contributed by atoms with van der Waals surface area (Å²) in [5.74, 6) is -1.06. The molecule has 2 aromatic rings. The second kappa shape index (κ2) is 6.19. The number of hydrogen-bond acceptors (Lipinski definition) is 3. The zero-order valence-electron chi connectivity index (χ0n) is 13.5. The molecule has 0 amide bonds. The van der Waals surface area contributed by atoms with Crippen LogP contribution in [0.5, 0.6) is 0 Å². The van der Waals surface area contributed by atoms with Crippen LogP contribution in [0.1, 0.15) is 41.3 Å². The highest BCUT2D eigenvalue weighted by Gasteiger charge is 2.35. The molecule has 0 bridgehead atoms. The highest BCUT2D eigenvalue weighted by molar-refractivity contribution is 6.13. The number of Topliss-reactive ketones (excluding diaryl/α,β-unsaturated/α-hetero) is 1. The Balaban J connectivity index is 1.61. The molecule has 1 aromatic heterocycles. The van der Waals surface area contributed by atoms with E-state index in [1.54, 1.807) is 12.2 Å². The number of benzene rings is 1. The van der Waals surface area contributed by atoms with Crippen molar-refractivity contribution in [3.8, 4) is 0 Å². The second-order valence-corrected chi connectivity index (χ2v) is 6.64. The predicted molar refractivity (Wildman–Crippen MR) is 90.8 cm³/mol. The van der Waals surface area contributed by atoms with E-state index in [0.29, 0.717) is 6.42 Å². The third kappa shape index (κ3) is 2.62. The summed E-state index contributed by atoms with van der Waals surface area (Å²) in [6.45, 7) is 0. The van der Waals surface area contributed by atoms with Gasteiger partial charge in [-0.25, -0.2) is 0 Å². The van der Waals surface area contributed by atoms with Crippen LogP contribution in [-0.4, -0.2) is 21.8 Å². The van der Waals surface area contributed by atoms with Gasteiger partial charge in [0.1, 0.15) is 0 Å². The normalized spacial score (nSPS) is 23.3. The van der Waals surface area contributed by atoms with Gasteiger partial charge in [-0.3, -0.25) is 14.7 Å². The number of carbonyl (C=O) groups excluding carboxylic acids is 2. The van der Waals surface area contributed by atoms with Crippen molar-refractivity contribution < 1.29 is 9.59 Å². The molecule has 2 atom stereocenters. The summed E-state index contributed by atoms with van der Waals surface area (Å²) in [4.78, 5) is 25.3. The molecule has 1 heterocycles. The van der Waals surface area contributed by atoms with Crippen LogP contribution >= 0.6 is 0 Å². The van der Waals surface area contributed by atoms with E-state index in [-0.39, 0.29) is 17.5 Å². The number of aromatic nitrogens is 2. The average Bonchev–Trinajstić information content (AvgIpc) is 3.02. The monoisotopic (exact) mass is 320 g/mol. The van der Waals surface area contributed by atoms with Crippen molar-refractivity contribution in [3.63, 3.8) is 0 Å². The summed E-state index contributed by atoms with van der Waals surface area (Å²) >= 11 is 0. The minimum Gasteiger partial charge on any atom is -0.298 e. The molecule has 0 aliphatic heterocycles. The lowest BCUT2D eigenvalue weighted by Gasteiger charge is -2.23. The molecule has 4 nitrogen and oxygen atoms in total. The molecule has 122 valence electrons. The van der Waals surface area contributed by atoms with E-state index in [0.717, 1.165) is 30.5 Å². The van der Waals surface area contributed by atoms with E-state index in [9.17, 15) is 9.59 Å². The summed E-state index contributed by atoms with van der Waals surface area (Å²) in [5, 5.41) is 7.50. The summed E-state index contributed by atoms with van der Waals surface area (Å²) in [6, 6.07) is 9.66. The third-order valence-electron chi connectivity index (χ3n) is 5.14. The number of nitrogens with zero attached hydrogens (tertiary/aromatic N) is 1.